The number of aryl methyl sites for hydroxylation is 1. The molecule has 2 amide bonds. The zero-order valence-corrected chi connectivity index (χ0v) is 19.0. The lowest BCUT2D eigenvalue weighted by Crippen LogP contribution is -2.29. The van der Waals surface area contributed by atoms with Gasteiger partial charge in [0.05, 0.1) is 24.6 Å². The van der Waals surface area contributed by atoms with E-state index in [2.05, 4.69) is 10.6 Å². The number of amides is 2. The summed E-state index contributed by atoms with van der Waals surface area (Å²) in [6, 6.07) is 3.13. The molecule has 0 spiro atoms. The van der Waals surface area contributed by atoms with Gasteiger partial charge in [-0.05, 0) is 43.2 Å². The van der Waals surface area contributed by atoms with E-state index in [0.717, 1.165) is 34.6 Å². The number of ether oxygens (including phenoxy) is 2. The second-order valence-corrected chi connectivity index (χ2v) is 9.05. The number of anilines is 1. The normalized spacial score (nSPS) is 13.2. The van der Waals surface area contributed by atoms with Crippen molar-refractivity contribution in [3.63, 3.8) is 0 Å². The highest BCUT2D eigenvalue weighted by atomic mass is 32.1. The van der Waals surface area contributed by atoms with Gasteiger partial charge < -0.3 is 20.1 Å². The van der Waals surface area contributed by atoms with Crippen LogP contribution in [0.15, 0.2) is 17.5 Å². The highest BCUT2D eigenvalue weighted by Crippen LogP contribution is 2.39. The summed E-state index contributed by atoms with van der Waals surface area (Å²) in [6.07, 6.45) is 2.52. The van der Waals surface area contributed by atoms with Crippen molar-refractivity contribution in [2.24, 2.45) is 0 Å². The number of rotatable bonds is 9. The average Bonchev–Trinajstić information content (AvgIpc) is 3.43. The Morgan fingerprint density at radius 2 is 2.00 bits per heavy atom. The van der Waals surface area contributed by atoms with Crippen LogP contribution < -0.4 is 10.6 Å². The summed E-state index contributed by atoms with van der Waals surface area (Å²) in [7, 11) is 0. The second kappa shape index (κ2) is 10.5. The average molecular weight is 465 g/mol. The Kier molecular flexibility index (Phi) is 7.80. The monoisotopic (exact) mass is 464 g/mol. The van der Waals surface area contributed by atoms with Gasteiger partial charge in [0.15, 0.2) is 6.61 Å². The van der Waals surface area contributed by atoms with Gasteiger partial charge in [-0.2, -0.15) is 0 Å². The standard InChI is InChI=1S/C21H24N2O6S2/c1-3-28-21(27)19-13-6-4-7-15(13)31-20(19)23-17(25)11-29-18(26)10-14(22-12(2)24)16-8-5-9-30-16/h5,8-9,14H,3-4,6-7,10-11H2,1-2H3,(H,22,24)(H,23,25). The van der Waals surface area contributed by atoms with Gasteiger partial charge in [-0.15, -0.1) is 22.7 Å². The summed E-state index contributed by atoms with van der Waals surface area (Å²) >= 11 is 2.78. The van der Waals surface area contributed by atoms with Crippen LogP contribution >= 0.6 is 22.7 Å². The van der Waals surface area contributed by atoms with E-state index < -0.39 is 30.5 Å². The lowest BCUT2D eigenvalue weighted by Gasteiger charge is -2.15. The molecule has 1 aliphatic rings. The lowest BCUT2D eigenvalue weighted by molar-refractivity contribution is -0.147. The molecule has 8 nitrogen and oxygen atoms in total. The molecule has 1 atom stereocenters. The van der Waals surface area contributed by atoms with E-state index in [0.29, 0.717) is 10.6 Å². The zero-order chi connectivity index (χ0) is 22.4. The van der Waals surface area contributed by atoms with Crippen molar-refractivity contribution in [1.82, 2.24) is 5.32 Å². The summed E-state index contributed by atoms with van der Waals surface area (Å²) in [5, 5.41) is 7.68. The number of fused-ring (bicyclic) bond motifs is 1. The molecule has 166 valence electrons. The summed E-state index contributed by atoms with van der Waals surface area (Å²) in [6.45, 7) is 2.86. The minimum Gasteiger partial charge on any atom is -0.462 e. The quantitative estimate of drug-likeness (QED) is 0.551. The first-order chi connectivity index (χ1) is 14.9. The molecule has 1 unspecified atom stereocenters. The van der Waals surface area contributed by atoms with Gasteiger partial charge in [0.25, 0.3) is 5.91 Å². The lowest BCUT2D eigenvalue weighted by atomic mass is 10.1. The molecule has 31 heavy (non-hydrogen) atoms. The van der Waals surface area contributed by atoms with E-state index in [4.69, 9.17) is 9.47 Å². The Morgan fingerprint density at radius 1 is 1.19 bits per heavy atom. The van der Waals surface area contributed by atoms with E-state index in [1.165, 1.54) is 29.6 Å². The fraction of sp³-hybridized carbons (Fsp3) is 0.429. The van der Waals surface area contributed by atoms with Crippen LogP contribution in [0.25, 0.3) is 0 Å². The minimum absolute atomic E-state index is 0.0885. The van der Waals surface area contributed by atoms with E-state index >= 15 is 0 Å². The van der Waals surface area contributed by atoms with Gasteiger partial charge in [-0.3, -0.25) is 14.4 Å². The van der Waals surface area contributed by atoms with Crippen molar-refractivity contribution in [1.29, 1.82) is 0 Å². The summed E-state index contributed by atoms with van der Waals surface area (Å²) in [5.74, 6) is -1.86. The predicted octanol–water partition coefficient (Wildman–Crippen LogP) is 3.22. The van der Waals surface area contributed by atoms with Crippen molar-refractivity contribution in [2.45, 2.75) is 45.6 Å². The molecule has 0 fully saturated rings. The Morgan fingerprint density at radius 3 is 2.68 bits per heavy atom. The number of thiophene rings is 2. The van der Waals surface area contributed by atoms with E-state index in [1.807, 2.05) is 17.5 Å². The Labute approximate surface area is 187 Å². The second-order valence-electron chi connectivity index (χ2n) is 6.96. The minimum atomic E-state index is -0.610. The van der Waals surface area contributed by atoms with Crippen molar-refractivity contribution in [2.75, 3.05) is 18.5 Å². The summed E-state index contributed by atoms with van der Waals surface area (Å²) in [4.78, 5) is 50.3. The third-order valence-corrected chi connectivity index (χ3v) is 6.85. The molecule has 2 aromatic heterocycles. The topological polar surface area (TPSA) is 111 Å². The molecule has 1 aliphatic carbocycles. The molecule has 10 heteroatoms. The van der Waals surface area contributed by atoms with Crippen LogP contribution in [0.3, 0.4) is 0 Å². The number of carbonyl (C=O) groups is 4. The van der Waals surface area contributed by atoms with Gasteiger partial charge in [0, 0.05) is 16.7 Å². The molecule has 2 N–H and O–H groups in total. The highest BCUT2D eigenvalue weighted by molar-refractivity contribution is 7.17. The van der Waals surface area contributed by atoms with Gasteiger partial charge in [-0.25, -0.2) is 4.79 Å². The molecule has 0 aliphatic heterocycles. The van der Waals surface area contributed by atoms with Crippen LogP contribution in [0.1, 0.15) is 58.4 Å². The zero-order valence-electron chi connectivity index (χ0n) is 17.3. The van der Waals surface area contributed by atoms with Crippen LogP contribution in [-0.4, -0.2) is 37.0 Å². The molecule has 0 aromatic carbocycles. The third-order valence-electron chi connectivity index (χ3n) is 4.65. The van der Waals surface area contributed by atoms with Crippen molar-refractivity contribution < 1.29 is 28.7 Å². The number of carbonyl (C=O) groups excluding carboxylic acids is 4. The SMILES string of the molecule is CCOC(=O)c1c(NC(=O)COC(=O)CC(NC(C)=O)c2cccs2)sc2c1CCC2. The molecular formula is C21H24N2O6S2. The van der Waals surface area contributed by atoms with Crippen molar-refractivity contribution >= 4 is 51.4 Å². The first-order valence-electron chi connectivity index (χ1n) is 9.96. The molecule has 0 radical (unpaired) electrons. The maximum absolute atomic E-state index is 12.4. The number of hydrogen-bond acceptors (Lipinski definition) is 8. The van der Waals surface area contributed by atoms with Gasteiger partial charge in [-0.1, -0.05) is 6.07 Å². The summed E-state index contributed by atoms with van der Waals surface area (Å²) < 4.78 is 10.2. The van der Waals surface area contributed by atoms with Crippen LogP contribution in [0.5, 0.6) is 0 Å². The molecule has 0 saturated carbocycles. The molecule has 3 rings (SSSR count). The van der Waals surface area contributed by atoms with Gasteiger partial charge >= 0.3 is 11.9 Å². The third kappa shape index (κ3) is 5.92. The fourth-order valence-corrected chi connectivity index (χ4v) is 5.48. The van der Waals surface area contributed by atoms with E-state index in [1.54, 1.807) is 6.92 Å². The van der Waals surface area contributed by atoms with E-state index in [9.17, 15) is 19.2 Å². The molecule has 2 aromatic rings. The number of esters is 2. The molecular weight excluding hydrogens is 440 g/mol. The van der Waals surface area contributed by atoms with E-state index in [-0.39, 0.29) is 18.9 Å². The first kappa shape index (κ1) is 23.0. The maximum Gasteiger partial charge on any atom is 0.341 e. The smallest absolute Gasteiger partial charge is 0.341 e. The Balaban J connectivity index is 1.58. The van der Waals surface area contributed by atoms with Gasteiger partial charge in [0.2, 0.25) is 5.91 Å². The Hall–Kier alpha value is -2.72. The van der Waals surface area contributed by atoms with Crippen LogP contribution in [0.4, 0.5) is 5.00 Å². The largest absolute Gasteiger partial charge is 0.462 e. The van der Waals surface area contributed by atoms with Crippen LogP contribution in [-0.2, 0) is 36.7 Å². The van der Waals surface area contributed by atoms with Gasteiger partial charge in [0.1, 0.15) is 5.00 Å². The van der Waals surface area contributed by atoms with Crippen LogP contribution in [0.2, 0.25) is 0 Å². The van der Waals surface area contributed by atoms with Crippen molar-refractivity contribution in [3.05, 3.63) is 38.4 Å². The molecule has 0 saturated heterocycles. The maximum atomic E-state index is 12.4. The molecule has 2 heterocycles. The van der Waals surface area contributed by atoms with Crippen LogP contribution in [0, 0.1) is 0 Å². The fourth-order valence-electron chi connectivity index (χ4n) is 3.40. The first-order valence-corrected chi connectivity index (χ1v) is 11.7. The molecule has 0 bridgehead atoms. The number of hydrogen-bond donors (Lipinski definition) is 2. The van der Waals surface area contributed by atoms with Crippen molar-refractivity contribution in [3.8, 4) is 0 Å². The number of nitrogens with one attached hydrogen (secondary N) is 2. The predicted molar refractivity (Wildman–Crippen MR) is 117 cm³/mol. The summed E-state index contributed by atoms with van der Waals surface area (Å²) in [5.41, 5.74) is 1.34. The highest BCUT2D eigenvalue weighted by Gasteiger charge is 2.28. The Bertz CT molecular complexity index is 967.